The lowest BCUT2D eigenvalue weighted by molar-refractivity contribution is -0.121. The van der Waals surface area contributed by atoms with E-state index in [-0.39, 0.29) is 5.91 Å². The fourth-order valence-electron chi connectivity index (χ4n) is 3.60. The molecule has 0 saturated heterocycles. The maximum absolute atomic E-state index is 12.3. The summed E-state index contributed by atoms with van der Waals surface area (Å²) in [4.78, 5) is 24.2. The van der Waals surface area contributed by atoms with Crippen LogP contribution >= 0.6 is 15.9 Å². The van der Waals surface area contributed by atoms with Gasteiger partial charge in [-0.05, 0) is 64.3 Å². The maximum atomic E-state index is 12.3. The lowest BCUT2D eigenvalue weighted by atomic mass is 10.1. The SMILES string of the molecule is CCCCCCCCCCCCCC(=O)NN=Cc1ccc(OC(=O)c2ccccc2Br)cc1. The quantitative estimate of drug-likeness (QED) is 0.0793. The molecule has 2 aromatic carbocycles. The number of halogens is 1. The highest BCUT2D eigenvalue weighted by Gasteiger charge is 2.11. The van der Waals surface area contributed by atoms with E-state index in [1.165, 1.54) is 57.8 Å². The Labute approximate surface area is 212 Å². The molecule has 184 valence electrons. The Hall–Kier alpha value is -2.47. The zero-order valence-electron chi connectivity index (χ0n) is 20.2. The van der Waals surface area contributed by atoms with Gasteiger partial charge >= 0.3 is 5.97 Å². The van der Waals surface area contributed by atoms with E-state index >= 15 is 0 Å². The predicted octanol–water partition coefficient (Wildman–Crippen LogP) is 7.82. The number of ether oxygens (including phenoxy) is 1. The van der Waals surface area contributed by atoms with Gasteiger partial charge in [-0.25, -0.2) is 10.2 Å². The molecule has 2 rings (SSSR count). The molecule has 5 nitrogen and oxygen atoms in total. The lowest BCUT2D eigenvalue weighted by Gasteiger charge is -2.06. The van der Waals surface area contributed by atoms with Crippen LogP contribution in [0.15, 0.2) is 58.1 Å². The van der Waals surface area contributed by atoms with E-state index in [0.29, 0.717) is 22.2 Å². The summed E-state index contributed by atoms with van der Waals surface area (Å²) in [6, 6.07) is 14.1. The van der Waals surface area contributed by atoms with Crippen LogP contribution in [0.5, 0.6) is 5.75 Å². The van der Waals surface area contributed by atoms with Gasteiger partial charge in [-0.2, -0.15) is 5.10 Å². The molecule has 0 fully saturated rings. The molecule has 1 N–H and O–H groups in total. The molecular formula is C28H37BrN2O3. The van der Waals surface area contributed by atoms with Crippen molar-refractivity contribution in [1.29, 1.82) is 0 Å². The van der Waals surface area contributed by atoms with Crippen LogP contribution < -0.4 is 10.2 Å². The molecule has 34 heavy (non-hydrogen) atoms. The monoisotopic (exact) mass is 528 g/mol. The lowest BCUT2D eigenvalue weighted by Crippen LogP contribution is -2.16. The Balaban J connectivity index is 1.56. The second-order valence-corrected chi connectivity index (χ2v) is 9.37. The summed E-state index contributed by atoms with van der Waals surface area (Å²) < 4.78 is 6.09. The highest BCUT2D eigenvalue weighted by molar-refractivity contribution is 9.10. The molecule has 0 aliphatic carbocycles. The van der Waals surface area contributed by atoms with Crippen LogP contribution in [0.2, 0.25) is 0 Å². The van der Waals surface area contributed by atoms with Crippen LogP contribution in [0.25, 0.3) is 0 Å². The number of hydrogen-bond donors (Lipinski definition) is 1. The first-order chi connectivity index (χ1) is 16.6. The third kappa shape index (κ3) is 11.6. The van der Waals surface area contributed by atoms with Gasteiger partial charge in [0.25, 0.3) is 0 Å². The summed E-state index contributed by atoms with van der Waals surface area (Å²) in [5, 5.41) is 4.02. The van der Waals surface area contributed by atoms with Gasteiger partial charge in [-0.15, -0.1) is 0 Å². The molecule has 0 aliphatic rings. The standard InChI is InChI=1S/C28H37BrN2O3/c1-2-3-4-5-6-7-8-9-10-11-12-17-27(32)31-30-22-23-18-20-24(21-19-23)34-28(33)25-15-13-14-16-26(25)29/h13-16,18-22H,2-12,17H2,1H3,(H,31,32). The molecule has 1 amide bonds. The van der Waals surface area contributed by atoms with Gasteiger partial charge in [0.1, 0.15) is 5.75 Å². The average Bonchev–Trinajstić information content (AvgIpc) is 2.84. The van der Waals surface area contributed by atoms with Crippen molar-refractivity contribution in [1.82, 2.24) is 5.43 Å². The van der Waals surface area contributed by atoms with E-state index in [0.717, 1.165) is 18.4 Å². The molecular weight excluding hydrogens is 492 g/mol. The molecule has 0 aliphatic heterocycles. The number of amides is 1. The van der Waals surface area contributed by atoms with Crippen LogP contribution in [0.4, 0.5) is 0 Å². The minimum atomic E-state index is -0.427. The van der Waals surface area contributed by atoms with Crippen LogP contribution in [0.1, 0.15) is 99.9 Å². The number of rotatable bonds is 16. The van der Waals surface area contributed by atoms with Gasteiger partial charge in [0.2, 0.25) is 5.91 Å². The van der Waals surface area contributed by atoms with E-state index in [9.17, 15) is 9.59 Å². The Morgan fingerprint density at radius 1 is 0.853 bits per heavy atom. The summed E-state index contributed by atoms with van der Waals surface area (Å²) in [5.41, 5.74) is 3.85. The van der Waals surface area contributed by atoms with Gasteiger partial charge in [-0.1, -0.05) is 83.3 Å². The van der Waals surface area contributed by atoms with Gasteiger partial charge < -0.3 is 4.74 Å². The summed E-state index contributed by atoms with van der Waals surface area (Å²) >= 11 is 3.35. The minimum absolute atomic E-state index is 0.0637. The molecule has 0 unspecified atom stereocenters. The second-order valence-electron chi connectivity index (χ2n) is 8.52. The summed E-state index contributed by atoms with van der Waals surface area (Å²) in [5.74, 6) is -0.0480. The van der Waals surface area contributed by atoms with Gasteiger partial charge in [0.05, 0.1) is 11.8 Å². The predicted molar refractivity (Wildman–Crippen MR) is 142 cm³/mol. The second kappa shape index (κ2) is 17.0. The normalized spacial score (nSPS) is 11.0. The molecule has 2 aromatic rings. The molecule has 0 aromatic heterocycles. The van der Waals surface area contributed by atoms with E-state index in [2.05, 4.69) is 33.4 Å². The highest BCUT2D eigenvalue weighted by atomic mass is 79.9. The number of esters is 1. The molecule has 0 heterocycles. The molecule has 0 saturated carbocycles. The first kappa shape index (κ1) is 27.8. The van der Waals surface area contributed by atoms with Crippen molar-refractivity contribution in [3.05, 3.63) is 64.1 Å². The molecule has 6 heteroatoms. The van der Waals surface area contributed by atoms with Crippen molar-refractivity contribution in [2.45, 2.75) is 84.0 Å². The van der Waals surface area contributed by atoms with Gasteiger partial charge in [-0.3, -0.25) is 4.79 Å². The van der Waals surface area contributed by atoms with Crippen molar-refractivity contribution >= 4 is 34.0 Å². The molecule has 0 radical (unpaired) electrons. The molecule has 0 atom stereocenters. The number of benzene rings is 2. The maximum Gasteiger partial charge on any atom is 0.344 e. The van der Waals surface area contributed by atoms with Crippen molar-refractivity contribution in [2.75, 3.05) is 0 Å². The first-order valence-electron chi connectivity index (χ1n) is 12.5. The topological polar surface area (TPSA) is 67.8 Å². The number of carbonyl (C=O) groups is 2. The van der Waals surface area contributed by atoms with Crippen molar-refractivity contribution in [3.8, 4) is 5.75 Å². The van der Waals surface area contributed by atoms with Crippen LogP contribution in [0, 0.1) is 0 Å². The van der Waals surface area contributed by atoms with E-state index < -0.39 is 5.97 Å². The van der Waals surface area contributed by atoms with Crippen LogP contribution in [0.3, 0.4) is 0 Å². The Kier molecular flexibility index (Phi) is 13.9. The van der Waals surface area contributed by atoms with Crippen molar-refractivity contribution in [3.63, 3.8) is 0 Å². The fourth-order valence-corrected chi connectivity index (χ4v) is 4.04. The number of nitrogens with one attached hydrogen (secondary N) is 1. The number of unbranched alkanes of at least 4 members (excludes halogenated alkanes) is 10. The van der Waals surface area contributed by atoms with Crippen molar-refractivity contribution < 1.29 is 14.3 Å². The van der Waals surface area contributed by atoms with Crippen molar-refractivity contribution in [2.24, 2.45) is 5.10 Å². The number of hydrazone groups is 1. The number of carbonyl (C=O) groups excluding carboxylic acids is 2. The average molecular weight is 530 g/mol. The zero-order chi connectivity index (χ0) is 24.4. The Morgan fingerprint density at radius 2 is 1.44 bits per heavy atom. The third-order valence-electron chi connectivity index (χ3n) is 5.59. The summed E-state index contributed by atoms with van der Waals surface area (Å²) in [6.45, 7) is 2.25. The minimum Gasteiger partial charge on any atom is -0.423 e. The van der Waals surface area contributed by atoms with Gasteiger partial charge in [0, 0.05) is 10.9 Å². The summed E-state index contributed by atoms with van der Waals surface area (Å²) in [7, 11) is 0. The van der Waals surface area contributed by atoms with Crippen LogP contribution in [-0.2, 0) is 4.79 Å². The number of hydrogen-bond acceptors (Lipinski definition) is 4. The molecule has 0 bridgehead atoms. The van der Waals surface area contributed by atoms with E-state index in [1.54, 1.807) is 48.7 Å². The molecule has 0 spiro atoms. The smallest absolute Gasteiger partial charge is 0.344 e. The Bertz CT molecular complexity index is 897. The largest absolute Gasteiger partial charge is 0.423 e. The number of nitrogens with zero attached hydrogens (tertiary/aromatic N) is 1. The van der Waals surface area contributed by atoms with E-state index in [1.807, 2.05) is 6.07 Å². The highest BCUT2D eigenvalue weighted by Crippen LogP contribution is 2.19. The van der Waals surface area contributed by atoms with E-state index in [4.69, 9.17) is 4.74 Å². The van der Waals surface area contributed by atoms with Gasteiger partial charge in [0.15, 0.2) is 0 Å². The van der Waals surface area contributed by atoms with Crippen LogP contribution in [-0.4, -0.2) is 18.1 Å². The fraction of sp³-hybridized carbons (Fsp3) is 0.464. The first-order valence-corrected chi connectivity index (χ1v) is 13.3. The zero-order valence-corrected chi connectivity index (χ0v) is 21.8. The third-order valence-corrected chi connectivity index (χ3v) is 6.29. The summed E-state index contributed by atoms with van der Waals surface area (Å²) in [6.07, 6.45) is 16.0. The Morgan fingerprint density at radius 3 is 2.06 bits per heavy atom.